The lowest BCUT2D eigenvalue weighted by atomic mass is 10.1. The topological polar surface area (TPSA) is 75.4 Å². The van der Waals surface area contributed by atoms with Crippen LogP contribution in [0.5, 0.6) is 0 Å². The van der Waals surface area contributed by atoms with Crippen molar-refractivity contribution in [1.29, 1.82) is 0 Å². The van der Waals surface area contributed by atoms with Crippen LogP contribution in [-0.2, 0) is 4.79 Å². The van der Waals surface area contributed by atoms with Gasteiger partial charge < -0.3 is 14.7 Å². The molecule has 2 aromatic rings. The van der Waals surface area contributed by atoms with E-state index in [4.69, 9.17) is 4.52 Å². The summed E-state index contributed by atoms with van der Waals surface area (Å²) >= 11 is 0. The molecule has 2 amide bonds. The van der Waals surface area contributed by atoms with Crippen LogP contribution in [0.3, 0.4) is 0 Å². The summed E-state index contributed by atoms with van der Waals surface area (Å²) in [6.45, 7) is 5.21. The lowest BCUT2D eigenvalue weighted by molar-refractivity contribution is -0.117. The van der Waals surface area contributed by atoms with Crippen molar-refractivity contribution in [3.05, 3.63) is 47.5 Å². The molecule has 1 heterocycles. The minimum atomic E-state index is -0.608. The number of aromatic nitrogens is 1. The fraction of sp³-hybridized carbons (Fsp3) is 0.353. The molecule has 0 saturated carbocycles. The zero-order valence-electron chi connectivity index (χ0n) is 13.9. The Morgan fingerprint density at radius 2 is 2.08 bits per heavy atom. The van der Waals surface area contributed by atoms with Gasteiger partial charge >= 0.3 is 0 Å². The van der Waals surface area contributed by atoms with Gasteiger partial charge in [0, 0.05) is 12.1 Å². The molecule has 0 spiro atoms. The van der Waals surface area contributed by atoms with E-state index in [2.05, 4.69) is 10.5 Å². The number of hydrogen-bond acceptors (Lipinski definition) is 4. The smallest absolute Gasteiger partial charge is 0.257 e. The minimum absolute atomic E-state index is 0.0529. The van der Waals surface area contributed by atoms with Gasteiger partial charge in [-0.05, 0) is 32.4 Å². The number of halogens is 1. The monoisotopic (exact) mass is 333 g/mol. The number of rotatable bonds is 6. The molecular formula is C17H20FN3O3. The number of hydrogen-bond donors (Lipinski definition) is 1. The van der Waals surface area contributed by atoms with Crippen molar-refractivity contribution in [2.45, 2.75) is 33.2 Å². The molecule has 128 valence electrons. The highest BCUT2D eigenvalue weighted by molar-refractivity contribution is 5.99. The summed E-state index contributed by atoms with van der Waals surface area (Å²) in [5.41, 5.74) is -0.0529. The predicted molar refractivity (Wildman–Crippen MR) is 87.1 cm³/mol. The number of benzene rings is 1. The first-order valence-corrected chi connectivity index (χ1v) is 7.71. The zero-order valence-corrected chi connectivity index (χ0v) is 13.9. The van der Waals surface area contributed by atoms with Gasteiger partial charge in [0.2, 0.25) is 5.91 Å². The molecule has 1 unspecified atom stereocenters. The van der Waals surface area contributed by atoms with E-state index in [0.717, 1.165) is 0 Å². The Hall–Kier alpha value is -2.70. The van der Waals surface area contributed by atoms with Gasteiger partial charge in [0.05, 0.1) is 5.56 Å². The molecule has 0 bridgehead atoms. The van der Waals surface area contributed by atoms with Gasteiger partial charge in [-0.15, -0.1) is 0 Å². The van der Waals surface area contributed by atoms with Gasteiger partial charge in [-0.25, -0.2) is 4.39 Å². The van der Waals surface area contributed by atoms with E-state index in [-0.39, 0.29) is 24.0 Å². The molecule has 1 N–H and O–H groups in total. The van der Waals surface area contributed by atoms with E-state index in [1.807, 2.05) is 13.8 Å². The van der Waals surface area contributed by atoms with Crippen molar-refractivity contribution < 1.29 is 18.5 Å². The predicted octanol–water partition coefficient (Wildman–Crippen LogP) is 3.00. The normalized spacial score (nSPS) is 11.8. The molecule has 2 rings (SSSR count). The quantitative estimate of drug-likeness (QED) is 0.882. The highest BCUT2D eigenvalue weighted by atomic mass is 19.1. The molecule has 0 radical (unpaired) electrons. The van der Waals surface area contributed by atoms with E-state index < -0.39 is 17.6 Å². The average molecular weight is 333 g/mol. The number of carbonyl (C=O) groups excluding carboxylic acids is 2. The Morgan fingerprint density at radius 3 is 2.67 bits per heavy atom. The third-order valence-corrected chi connectivity index (χ3v) is 3.70. The molecule has 7 heteroatoms. The number of amides is 2. The van der Waals surface area contributed by atoms with Crippen LogP contribution in [0.4, 0.5) is 10.2 Å². The molecule has 6 nitrogen and oxygen atoms in total. The first-order valence-electron chi connectivity index (χ1n) is 7.71. The summed E-state index contributed by atoms with van der Waals surface area (Å²) in [6, 6.07) is 7.08. The van der Waals surface area contributed by atoms with Gasteiger partial charge in [0.25, 0.3) is 5.91 Å². The molecule has 0 aliphatic heterocycles. The average Bonchev–Trinajstić information content (AvgIpc) is 2.96. The first-order chi connectivity index (χ1) is 11.4. The van der Waals surface area contributed by atoms with E-state index in [1.54, 1.807) is 19.1 Å². The van der Waals surface area contributed by atoms with E-state index in [0.29, 0.717) is 12.2 Å². The summed E-state index contributed by atoms with van der Waals surface area (Å²) in [7, 11) is 0. The number of anilines is 1. The summed E-state index contributed by atoms with van der Waals surface area (Å²) < 4.78 is 18.8. The fourth-order valence-corrected chi connectivity index (χ4v) is 2.20. The maximum Gasteiger partial charge on any atom is 0.257 e. The van der Waals surface area contributed by atoms with Crippen LogP contribution in [0.25, 0.3) is 0 Å². The second-order valence-electron chi connectivity index (χ2n) is 5.54. The molecule has 0 aliphatic rings. The molecule has 0 saturated heterocycles. The van der Waals surface area contributed by atoms with Crippen LogP contribution in [0.2, 0.25) is 0 Å². The molecule has 1 aromatic carbocycles. The van der Waals surface area contributed by atoms with E-state index >= 15 is 0 Å². The summed E-state index contributed by atoms with van der Waals surface area (Å²) in [5.74, 6) is -0.711. The summed E-state index contributed by atoms with van der Waals surface area (Å²) in [6.07, 6.45) is 0.635. The SMILES string of the molecule is CCC(C)N(CC(=O)Nc1cc(C)on1)C(=O)c1ccccc1F. The molecular weight excluding hydrogens is 313 g/mol. The number of carbonyl (C=O) groups is 2. The number of nitrogens with zero attached hydrogens (tertiary/aromatic N) is 2. The Balaban J connectivity index is 2.15. The first kappa shape index (κ1) is 17.7. The Labute approximate surface area is 139 Å². The lowest BCUT2D eigenvalue weighted by Gasteiger charge is -2.28. The van der Waals surface area contributed by atoms with E-state index in [1.165, 1.54) is 23.1 Å². The van der Waals surface area contributed by atoms with Crippen LogP contribution in [0.1, 0.15) is 36.4 Å². The third kappa shape index (κ3) is 4.18. The zero-order chi connectivity index (χ0) is 17.7. The third-order valence-electron chi connectivity index (χ3n) is 3.70. The molecule has 0 aliphatic carbocycles. The molecule has 1 aromatic heterocycles. The van der Waals surface area contributed by atoms with Crippen molar-refractivity contribution >= 4 is 17.6 Å². The Kier molecular flexibility index (Phi) is 5.68. The van der Waals surface area contributed by atoms with Crippen LogP contribution < -0.4 is 5.32 Å². The standard InChI is InChI=1S/C17H20FN3O3/c1-4-11(2)21(17(23)13-7-5-6-8-14(13)18)10-16(22)19-15-9-12(3)24-20-15/h5-9,11H,4,10H2,1-3H3,(H,19,20,22). The summed E-state index contributed by atoms with van der Waals surface area (Å²) in [4.78, 5) is 26.2. The van der Waals surface area contributed by atoms with Gasteiger partial charge in [-0.3, -0.25) is 9.59 Å². The Bertz CT molecular complexity index is 729. The van der Waals surface area contributed by atoms with Gasteiger partial charge in [-0.2, -0.15) is 0 Å². The summed E-state index contributed by atoms with van der Waals surface area (Å²) in [5, 5.41) is 6.24. The van der Waals surface area contributed by atoms with Crippen molar-refractivity contribution in [3.63, 3.8) is 0 Å². The molecule has 1 atom stereocenters. The number of nitrogens with one attached hydrogen (secondary N) is 1. The second-order valence-corrected chi connectivity index (χ2v) is 5.54. The Morgan fingerprint density at radius 1 is 1.38 bits per heavy atom. The van der Waals surface area contributed by atoms with Gasteiger partial charge in [-0.1, -0.05) is 24.2 Å². The van der Waals surface area contributed by atoms with Crippen LogP contribution in [0.15, 0.2) is 34.9 Å². The van der Waals surface area contributed by atoms with Crippen molar-refractivity contribution in [2.75, 3.05) is 11.9 Å². The number of aryl methyl sites for hydroxylation is 1. The van der Waals surface area contributed by atoms with Crippen LogP contribution in [0, 0.1) is 12.7 Å². The van der Waals surface area contributed by atoms with Gasteiger partial charge in [0.1, 0.15) is 18.1 Å². The van der Waals surface area contributed by atoms with Gasteiger partial charge in [0.15, 0.2) is 5.82 Å². The van der Waals surface area contributed by atoms with E-state index in [9.17, 15) is 14.0 Å². The lowest BCUT2D eigenvalue weighted by Crippen LogP contribution is -2.43. The largest absolute Gasteiger partial charge is 0.360 e. The highest BCUT2D eigenvalue weighted by Gasteiger charge is 2.25. The van der Waals surface area contributed by atoms with Crippen LogP contribution >= 0.6 is 0 Å². The maximum atomic E-state index is 13.9. The van der Waals surface area contributed by atoms with Crippen molar-refractivity contribution in [3.8, 4) is 0 Å². The van der Waals surface area contributed by atoms with Crippen LogP contribution in [-0.4, -0.2) is 34.5 Å². The fourth-order valence-electron chi connectivity index (χ4n) is 2.20. The van der Waals surface area contributed by atoms with Crippen molar-refractivity contribution in [1.82, 2.24) is 10.1 Å². The molecule has 24 heavy (non-hydrogen) atoms. The molecule has 0 fully saturated rings. The van der Waals surface area contributed by atoms with Crippen molar-refractivity contribution in [2.24, 2.45) is 0 Å². The highest BCUT2D eigenvalue weighted by Crippen LogP contribution is 2.14. The minimum Gasteiger partial charge on any atom is -0.360 e. The maximum absolute atomic E-state index is 13.9. The second kappa shape index (κ2) is 7.72.